The van der Waals surface area contributed by atoms with Crippen molar-refractivity contribution in [1.29, 1.82) is 0 Å². The van der Waals surface area contributed by atoms with Crippen molar-refractivity contribution < 1.29 is 13.2 Å². The van der Waals surface area contributed by atoms with Gasteiger partial charge in [-0.05, 0) is 32.9 Å². The van der Waals surface area contributed by atoms with Crippen LogP contribution in [0.5, 0.6) is 0 Å². The van der Waals surface area contributed by atoms with Crippen LogP contribution < -0.4 is 4.90 Å². The normalized spacial score (nSPS) is 15.0. The second-order valence-electron chi connectivity index (χ2n) is 8.42. The molecule has 9 nitrogen and oxygen atoms in total. The molecule has 0 atom stereocenters. The maximum absolute atomic E-state index is 13.0. The molecule has 1 aromatic carbocycles. The summed E-state index contributed by atoms with van der Waals surface area (Å²) < 4.78 is 34.4. The second kappa shape index (κ2) is 8.27. The third-order valence-electron chi connectivity index (χ3n) is 5.80. The summed E-state index contributed by atoms with van der Waals surface area (Å²) in [6.45, 7) is 7.92. The molecular weight excluding hydrogens is 440 g/mol. The lowest BCUT2D eigenvalue weighted by Crippen LogP contribution is -2.36. The molecule has 1 aliphatic rings. The monoisotopic (exact) mass is 466 g/mol. The SMILES string of the molecule is Cc1cccc(-c2ccn(-c3cc(N4CCOCC4)c4ncn(S(=O)(=O)C(C)C)c4n3)n2)c1. The number of ether oxygens (including phenoxy) is 1. The van der Waals surface area contributed by atoms with E-state index in [2.05, 4.69) is 16.0 Å². The smallest absolute Gasteiger partial charge is 0.243 e. The van der Waals surface area contributed by atoms with Crippen LogP contribution in [-0.2, 0) is 14.8 Å². The van der Waals surface area contributed by atoms with Gasteiger partial charge >= 0.3 is 0 Å². The van der Waals surface area contributed by atoms with Crippen LogP contribution in [0.1, 0.15) is 19.4 Å². The summed E-state index contributed by atoms with van der Waals surface area (Å²) in [6.07, 6.45) is 3.19. The minimum Gasteiger partial charge on any atom is -0.378 e. The largest absolute Gasteiger partial charge is 0.378 e. The van der Waals surface area contributed by atoms with Gasteiger partial charge in [0.25, 0.3) is 0 Å². The number of benzene rings is 1. The van der Waals surface area contributed by atoms with Gasteiger partial charge in [0.2, 0.25) is 10.0 Å². The molecule has 1 aliphatic heterocycles. The van der Waals surface area contributed by atoms with E-state index in [0.717, 1.165) is 22.5 Å². The van der Waals surface area contributed by atoms with Crippen molar-refractivity contribution in [2.24, 2.45) is 0 Å². The van der Waals surface area contributed by atoms with Gasteiger partial charge in [-0.15, -0.1) is 0 Å². The van der Waals surface area contributed by atoms with E-state index in [-0.39, 0.29) is 0 Å². The first-order valence-electron chi connectivity index (χ1n) is 10.9. The zero-order valence-corrected chi connectivity index (χ0v) is 19.7. The fraction of sp³-hybridized carbons (Fsp3) is 0.348. The zero-order chi connectivity index (χ0) is 23.2. The number of morpholine rings is 1. The highest BCUT2D eigenvalue weighted by molar-refractivity contribution is 7.90. The summed E-state index contributed by atoms with van der Waals surface area (Å²) in [7, 11) is -3.63. The summed E-state index contributed by atoms with van der Waals surface area (Å²) in [6, 6.07) is 12.0. The first kappa shape index (κ1) is 21.6. The molecule has 33 heavy (non-hydrogen) atoms. The highest BCUT2D eigenvalue weighted by atomic mass is 32.2. The highest BCUT2D eigenvalue weighted by Gasteiger charge is 2.26. The molecule has 0 radical (unpaired) electrons. The highest BCUT2D eigenvalue weighted by Crippen LogP contribution is 2.30. The van der Waals surface area contributed by atoms with E-state index < -0.39 is 15.3 Å². The van der Waals surface area contributed by atoms with E-state index in [1.807, 2.05) is 43.5 Å². The maximum Gasteiger partial charge on any atom is 0.243 e. The first-order chi connectivity index (χ1) is 15.8. The number of nitrogens with zero attached hydrogens (tertiary/aromatic N) is 6. The third-order valence-corrected chi connectivity index (χ3v) is 7.81. The van der Waals surface area contributed by atoms with Crippen LogP contribution >= 0.6 is 0 Å². The molecular formula is C23H26N6O3S. The topological polar surface area (TPSA) is 95.1 Å². The number of anilines is 1. The van der Waals surface area contributed by atoms with Gasteiger partial charge in [0.1, 0.15) is 11.8 Å². The van der Waals surface area contributed by atoms with E-state index in [9.17, 15) is 8.42 Å². The first-order valence-corrected chi connectivity index (χ1v) is 12.4. The van der Waals surface area contributed by atoms with Crippen LogP contribution in [0.2, 0.25) is 0 Å². The summed E-state index contributed by atoms with van der Waals surface area (Å²) in [5.74, 6) is 0.531. The predicted molar refractivity (Wildman–Crippen MR) is 127 cm³/mol. The number of imidazole rings is 1. The molecule has 1 fully saturated rings. The second-order valence-corrected chi connectivity index (χ2v) is 10.8. The zero-order valence-electron chi connectivity index (χ0n) is 18.8. The van der Waals surface area contributed by atoms with Crippen LogP contribution in [0.4, 0.5) is 5.69 Å². The summed E-state index contributed by atoms with van der Waals surface area (Å²) in [4.78, 5) is 11.3. The van der Waals surface area contributed by atoms with Crippen LogP contribution in [-0.4, -0.2) is 63.7 Å². The number of aromatic nitrogens is 5. The summed E-state index contributed by atoms with van der Waals surface area (Å²) >= 11 is 0. The number of fused-ring (bicyclic) bond motifs is 1. The Hall–Kier alpha value is -3.24. The van der Waals surface area contributed by atoms with Crippen LogP contribution in [0.3, 0.4) is 0 Å². The van der Waals surface area contributed by atoms with E-state index in [1.165, 1.54) is 10.3 Å². The molecule has 172 valence electrons. The van der Waals surface area contributed by atoms with Gasteiger partial charge in [-0.2, -0.15) is 5.10 Å². The number of rotatable bonds is 5. The van der Waals surface area contributed by atoms with E-state index >= 15 is 0 Å². The molecule has 0 aliphatic carbocycles. The Kier molecular flexibility index (Phi) is 5.41. The molecule has 0 amide bonds. The Morgan fingerprint density at radius 1 is 1.09 bits per heavy atom. The Balaban J connectivity index is 1.67. The minimum absolute atomic E-state index is 0.301. The number of aryl methyl sites for hydroxylation is 1. The van der Waals surface area contributed by atoms with Crippen molar-refractivity contribution in [2.75, 3.05) is 31.2 Å². The van der Waals surface area contributed by atoms with E-state index in [4.69, 9.17) is 14.8 Å². The number of hydrogen-bond acceptors (Lipinski definition) is 7. The standard InChI is InChI=1S/C23H26N6O3S/c1-16(2)33(30,31)29-15-24-22-20(27-9-11-32-12-10-27)14-21(25-23(22)29)28-8-7-19(26-28)18-6-4-5-17(3)13-18/h4-8,13-16H,9-12H2,1-3H3. The molecule has 10 heteroatoms. The average Bonchev–Trinajstić information content (AvgIpc) is 3.47. The van der Waals surface area contributed by atoms with Gasteiger partial charge in [0.05, 0.1) is 29.8 Å². The lowest BCUT2D eigenvalue weighted by molar-refractivity contribution is 0.123. The van der Waals surface area contributed by atoms with Crippen molar-refractivity contribution in [3.8, 4) is 17.1 Å². The third kappa shape index (κ3) is 3.89. The molecule has 0 saturated carbocycles. The molecule has 1 saturated heterocycles. The van der Waals surface area contributed by atoms with Gasteiger partial charge in [-0.3, -0.25) is 0 Å². The number of hydrogen-bond donors (Lipinski definition) is 0. The molecule has 0 N–H and O–H groups in total. The summed E-state index contributed by atoms with van der Waals surface area (Å²) in [5, 5.41) is 4.12. The predicted octanol–water partition coefficient (Wildman–Crippen LogP) is 3.02. The van der Waals surface area contributed by atoms with Gasteiger partial charge in [0, 0.05) is 30.9 Å². The lowest BCUT2D eigenvalue weighted by Gasteiger charge is -2.29. The Bertz CT molecular complexity index is 1420. The fourth-order valence-corrected chi connectivity index (χ4v) is 4.93. The van der Waals surface area contributed by atoms with E-state index in [0.29, 0.717) is 43.3 Å². The lowest BCUT2D eigenvalue weighted by atomic mass is 10.1. The number of pyridine rings is 1. The summed E-state index contributed by atoms with van der Waals surface area (Å²) in [5.41, 5.74) is 4.65. The fourth-order valence-electron chi connectivity index (χ4n) is 3.93. The molecule has 0 unspecified atom stereocenters. The van der Waals surface area contributed by atoms with Gasteiger partial charge in [-0.1, -0.05) is 23.8 Å². The molecule has 5 rings (SSSR count). The quantitative estimate of drug-likeness (QED) is 0.446. The van der Waals surface area contributed by atoms with E-state index in [1.54, 1.807) is 18.5 Å². The Labute approximate surface area is 192 Å². The van der Waals surface area contributed by atoms with Crippen molar-refractivity contribution in [3.63, 3.8) is 0 Å². The molecule has 3 aromatic heterocycles. The minimum atomic E-state index is -3.63. The van der Waals surface area contributed by atoms with Crippen molar-refractivity contribution in [3.05, 3.63) is 54.5 Å². The molecule has 4 aromatic rings. The van der Waals surface area contributed by atoms with Crippen LogP contribution in [0.25, 0.3) is 28.2 Å². The van der Waals surface area contributed by atoms with Crippen LogP contribution in [0.15, 0.2) is 48.9 Å². The average molecular weight is 467 g/mol. The van der Waals surface area contributed by atoms with Gasteiger partial charge < -0.3 is 9.64 Å². The van der Waals surface area contributed by atoms with Gasteiger partial charge in [0.15, 0.2) is 11.5 Å². The Morgan fingerprint density at radius 3 is 2.61 bits per heavy atom. The van der Waals surface area contributed by atoms with Crippen molar-refractivity contribution >= 4 is 26.9 Å². The van der Waals surface area contributed by atoms with Crippen molar-refractivity contribution in [1.82, 2.24) is 23.7 Å². The maximum atomic E-state index is 13.0. The van der Waals surface area contributed by atoms with Crippen LogP contribution in [0, 0.1) is 6.92 Å². The van der Waals surface area contributed by atoms with Gasteiger partial charge in [-0.25, -0.2) is 27.0 Å². The molecule has 0 spiro atoms. The molecule has 4 heterocycles. The Morgan fingerprint density at radius 2 is 1.88 bits per heavy atom. The van der Waals surface area contributed by atoms with Crippen molar-refractivity contribution in [2.45, 2.75) is 26.0 Å². The molecule has 0 bridgehead atoms.